The van der Waals surface area contributed by atoms with Crippen LogP contribution in [0.3, 0.4) is 0 Å². The van der Waals surface area contributed by atoms with Gasteiger partial charge in [0.1, 0.15) is 0 Å². The first-order valence-corrected chi connectivity index (χ1v) is 3.98. The monoisotopic (exact) mass is 190 g/mol. The van der Waals surface area contributed by atoms with Crippen molar-refractivity contribution < 1.29 is 8.78 Å². The van der Waals surface area contributed by atoms with Gasteiger partial charge in [0, 0.05) is 20.5 Å². The van der Waals surface area contributed by atoms with Crippen LogP contribution in [-0.2, 0) is 13.0 Å². The Morgan fingerprint density at radius 1 is 1.46 bits per heavy atom. The van der Waals surface area contributed by atoms with Crippen LogP contribution in [0.4, 0.5) is 14.7 Å². The van der Waals surface area contributed by atoms with Crippen LogP contribution in [0.15, 0.2) is 0 Å². The average molecular weight is 190 g/mol. The molecule has 0 aliphatic rings. The molecule has 0 aromatic carbocycles. The minimum absolute atomic E-state index is 0.275. The van der Waals surface area contributed by atoms with E-state index in [2.05, 4.69) is 15.5 Å². The van der Waals surface area contributed by atoms with Crippen LogP contribution in [0.1, 0.15) is 19.2 Å². The van der Waals surface area contributed by atoms with Gasteiger partial charge >= 0.3 is 5.92 Å². The molecule has 1 rings (SSSR count). The van der Waals surface area contributed by atoms with E-state index in [0.717, 1.165) is 0 Å². The molecule has 0 spiro atoms. The van der Waals surface area contributed by atoms with Gasteiger partial charge in [-0.2, -0.15) is 8.78 Å². The highest BCUT2D eigenvalue weighted by atomic mass is 19.3. The Morgan fingerprint density at radius 2 is 2.08 bits per heavy atom. The van der Waals surface area contributed by atoms with Crippen molar-refractivity contribution >= 4 is 5.95 Å². The summed E-state index contributed by atoms with van der Waals surface area (Å²) in [5.41, 5.74) is 0. The number of aromatic nitrogens is 3. The third-order valence-electron chi connectivity index (χ3n) is 1.87. The highest BCUT2D eigenvalue weighted by Crippen LogP contribution is 2.30. The van der Waals surface area contributed by atoms with Gasteiger partial charge in [-0.25, -0.2) is 0 Å². The molecule has 0 radical (unpaired) electrons. The molecule has 1 N–H and O–H groups in total. The van der Waals surface area contributed by atoms with Crippen molar-refractivity contribution in [2.75, 3.05) is 12.4 Å². The van der Waals surface area contributed by atoms with E-state index >= 15 is 0 Å². The van der Waals surface area contributed by atoms with Crippen LogP contribution < -0.4 is 5.32 Å². The first-order valence-electron chi connectivity index (χ1n) is 3.98. The lowest BCUT2D eigenvalue weighted by atomic mass is 10.2. The van der Waals surface area contributed by atoms with Gasteiger partial charge in [0.05, 0.1) is 0 Å². The number of alkyl halides is 2. The summed E-state index contributed by atoms with van der Waals surface area (Å²) in [6.07, 6.45) is -0.275. The van der Waals surface area contributed by atoms with Crippen molar-refractivity contribution in [1.29, 1.82) is 0 Å². The standard InChI is InChI=1S/C7H12F2N4/c1-4-7(8,9)5-11-12-6(10-2)13(5)3/h4H2,1-3H3,(H,10,12). The summed E-state index contributed by atoms with van der Waals surface area (Å²) in [6.45, 7) is 1.41. The molecule has 0 aliphatic heterocycles. The fourth-order valence-corrected chi connectivity index (χ4v) is 1.02. The fourth-order valence-electron chi connectivity index (χ4n) is 1.02. The topological polar surface area (TPSA) is 42.7 Å². The van der Waals surface area contributed by atoms with Gasteiger partial charge in [0.2, 0.25) is 11.8 Å². The summed E-state index contributed by atoms with van der Waals surface area (Å²) in [7, 11) is 3.11. The van der Waals surface area contributed by atoms with Gasteiger partial charge < -0.3 is 5.32 Å². The quantitative estimate of drug-likeness (QED) is 0.782. The SMILES string of the molecule is CCC(F)(F)c1nnc(NC)n1C. The van der Waals surface area contributed by atoms with Crippen LogP contribution in [-0.4, -0.2) is 21.8 Å². The molecule has 0 atom stereocenters. The molecule has 0 unspecified atom stereocenters. The highest BCUT2D eigenvalue weighted by Gasteiger charge is 2.35. The van der Waals surface area contributed by atoms with Gasteiger partial charge in [-0.15, -0.1) is 10.2 Å². The maximum absolute atomic E-state index is 13.1. The number of hydrogen-bond acceptors (Lipinski definition) is 3. The summed E-state index contributed by atoms with van der Waals surface area (Å²) < 4.78 is 27.5. The van der Waals surface area contributed by atoms with E-state index in [-0.39, 0.29) is 12.2 Å². The lowest BCUT2D eigenvalue weighted by molar-refractivity contribution is -0.0203. The number of hydrogen-bond donors (Lipinski definition) is 1. The minimum atomic E-state index is -2.91. The van der Waals surface area contributed by atoms with Crippen molar-refractivity contribution in [3.63, 3.8) is 0 Å². The summed E-state index contributed by atoms with van der Waals surface area (Å²) in [6, 6.07) is 0. The largest absolute Gasteiger partial charge is 0.357 e. The van der Waals surface area contributed by atoms with Crippen LogP contribution >= 0.6 is 0 Å². The molecule has 1 aromatic rings. The van der Waals surface area contributed by atoms with E-state index in [9.17, 15) is 8.78 Å². The second kappa shape index (κ2) is 3.27. The molecule has 0 bridgehead atoms. The second-order valence-electron chi connectivity index (χ2n) is 2.71. The predicted molar refractivity (Wildman–Crippen MR) is 44.7 cm³/mol. The summed E-state index contributed by atoms with van der Waals surface area (Å²) >= 11 is 0. The highest BCUT2D eigenvalue weighted by molar-refractivity contribution is 5.24. The van der Waals surface area contributed by atoms with Gasteiger partial charge in [0.25, 0.3) is 0 Å². The van der Waals surface area contributed by atoms with Crippen LogP contribution in [0, 0.1) is 0 Å². The van der Waals surface area contributed by atoms with Crippen molar-refractivity contribution in [1.82, 2.24) is 14.8 Å². The Hall–Kier alpha value is -1.20. The predicted octanol–water partition coefficient (Wildman–Crippen LogP) is 1.36. The number of rotatable bonds is 3. The van der Waals surface area contributed by atoms with Gasteiger partial charge in [-0.1, -0.05) is 6.92 Å². The molecule has 13 heavy (non-hydrogen) atoms. The van der Waals surface area contributed by atoms with Crippen molar-refractivity contribution in [3.05, 3.63) is 5.82 Å². The van der Waals surface area contributed by atoms with Gasteiger partial charge in [-0.3, -0.25) is 4.57 Å². The smallest absolute Gasteiger partial charge is 0.306 e. The Kier molecular flexibility index (Phi) is 2.49. The molecule has 0 aliphatic carbocycles. The van der Waals surface area contributed by atoms with Crippen LogP contribution in [0.5, 0.6) is 0 Å². The van der Waals surface area contributed by atoms with E-state index in [1.165, 1.54) is 18.5 Å². The Balaban J connectivity index is 3.09. The zero-order chi connectivity index (χ0) is 10.1. The number of halogens is 2. The third-order valence-corrected chi connectivity index (χ3v) is 1.87. The molecule has 1 heterocycles. The van der Waals surface area contributed by atoms with Crippen LogP contribution in [0.25, 0.3) is 0 Å². The molecule has 0 saturated heterocycles. The lowest BCUT2D eigenvalue weighted by Gasteiger charge is -2.12. The maximum Gasteiger partial charge on any atom is 0.306 e. The molecule has 0 fully saturated rings. The van der Waals surface area contributed by atoms with Crippen molar-refractivity contribution in [2.45, 2.75) is 19.3 Å². The van der Waals surface area contributed by atoms with Crippen molar-refractivity contribution in [3.8, 4) is 0 Å². The van der Waals surface area contributed by atoms with Crippen LogP contribution in [0.2, 0.25) is 0 Å². The minimum Gasteiger partial charge on any atom is -0.357 e. The molecule has 1 aromatic heterocycles. The van der Waals surface area contributed by atoms with E-state index in [0.29, 0.717) is 5.95 Å². The number of anilines is 1. The summed E-state index contributed by atoms with van der Waals surface area (Å²) in [4.78, 5) is 0. The fraction of sp³-hybridized carbons (Fsp3) is 0.714. The first-order chi connectivity index (χ1) is 6.03. The van der Waals surface area contributed by atoms with E-state index < -0.39 is 5.92 Å². The molecule has 0 saturated carbocycles. The molecule has 4 nitrogen and oxygen atoms in total. The molecule has 6 heteroatoms. The molecule has 0 amide bonds. The van der Waals surface area contributed by atoms with Crippen molar-refractivity contribution in [2.24, 2.45) is 7.05 Å². The van der Waals surface area contributed by atoms with Gasteiger partial charge in [0.15, 0.2) is 0 Å². The average Bonchev–Trinajstić information content (AvgIpc) is 2.47. The Labute approximate surface area is 75.0 Å². The normalized spacial score (nSPS) is 11.8. The Bertz CT molecular complexity index is 295. The zero-order valence-electron chi connectivity index (χ0n) is 7.80. The second-order valence-corrected chi connectivity index (χ2v) is 2.71. The first kappa shape index (κ1) is 9.88. The summed E-state index contributed by atoms with van der Waals surface area (Å²) in [5, 5.41) is 9.67. The van der Waals surface area contributed by atoms with E-state index in [4.69, 9.17) is 0 Å². The number of nitrogens with one attached hydrogen (secondary N) is 1. The Morgan fingerprint density at radius 3 is 2.46 bits per heavy atom. The number of nitrogens with zero attached hydrogens (tertiary/aromatic N) is 3. The molecular weight excluding hydrogens is 178 g/mol. The van der Waals surface area contributed by atoms with Gasteiger partial charge in [-0.05, 0) is 0 Å². The lowest BCUT2D eigenvalue weighted by Crippen LogP contribution is -2.18. The molecule has 74 valence electrons. The van der Waals surface area contributed by atoms with E-state index in [1.54, 1.807) is 7.05 Å². The summed E-state index contributed by atoms with van der Waals surface area (Å²) in [5.74, 6) is -2.88. The maximum atomic E-state index is 13.1. The zero-order valence-corrected chi connectivity index (χ0v) is 7.80. The molecular formula is C7H12F2N4. The van der Waals surface area contributed by atoms with E-state index in [1.807, 2.05) is 0 Å². The third kappa shape index (κ3) is 1.61.